The number of benzene rings is 2. The third kappa shape index (κ3) is 2.34. The molecule has 0 atom stereocenters. The zero-order valence-corrected chi connectivity index (χ0v) is 12.9. The number of nitrogens with one attached hydrogen (secondary N) is 1. The smallest absolute Gasteiger partial charge is 0.259 e. The highest BCUT2D eigenvalue weighted by Gasteiger charge is 2.15. The van der Waals surface area contributed by atoms with Crippen LogP contribution in [-0.4, -0.2) is 16.8 Å². The first kappa shape index (κ1) is 13.8. The van der Waals surface area contributed by atoms with Gasteiger partial charge in [0, 0.05) is 5.56 Å². The van der Waals surface area contributed by atoms with E-state index in [-0.39, 0.29) is 12.4 Å². The Kier molecular flexibility index (Phi) is 3.08. The predicted molar refractivity (Wildman–Crippen MR) is 88.0 cm³/mol. The fraction of sp³-hybridized carbons (Fsp3) is 0.222. The Morgan fingerprint density at radius 2 is 1.91 bits per heavy atom. The molecule has 4 rings (SSSR count). The van der Waals surface area contributed by atoms with Gasteiger partial charge in [-0.3, -0.25) is 4.79 Å². The number of hydrogen-bond acceptors (Lipinski definition) is 4. The van der Waals surface area contributed by atoms with Gasteiger partial charge in [-0.15, -0.1) is 0 Å². The number of fused-ring (bicyclic) bond motifs is 2. The maximum Gasteiger partial charge on any atom is 0.259 e. The zero-order valence-electron chi connectivity index (χ0n) is 12.9. The van der Waals surface area contributed by atoms with Crippen LogP contribution in [0.3, 0.4) is 0 Å². The van der Waals surface area contributed by atoms with E-state index in [9.17, 15) is 4.79 Å². The third-order valence-electron chi connectivity index (χ3n) is 4.04. The van der Waals surface area contributed by atoms with Crippen molar-refractivity contribution in [2.75, 3.05) is 6.79 Å². The van der Waals surface area contributed by atoms with E-state index in [0.29, 0.717) is 34.1 Å². The van der Waals surface area contributed by atoms with Crippen LogP contribution in [-0.2, 0) is 0 Å². The highest BCUT2D eigenvalue weighted by atomic mass is 16.7. The molecule has 0 spiro atoms. The van der Waals surface area contributed by atoms with E-state index in [1.165, 1.54) is 0 Å². The second-order valence-corrected chi connectivity index (χ2v) is 5.91. The topological polar surface area (TPSA) is 64.2 Å². The number of aromatic nitrogens is 2. The molecule has 5 heteroatoms. The van der Waals surface area contributed by atoms with Gasteiger partial charge >= 0.3 is 0 Å². The number of aromatic amines is 1. The fourth-order valence-electron chi connectivity index (χ4n) is 2.70. The lowest BCUT2D eigenvalue weighted by Gasteiger charge is -2.08. The minimum absolute atomic E-state index is 0.134. The Morgan fingerprint density at radius 1 is 1.09 bits per heavy atom. The van der Waals surface area contributed by atoms with Crippen molar-refractivity contribution < 1.29 is 9.47 Å². The molecule has 0 radical (unpaired) electrons. The van der Waals surface area contributed by atoms with Crippen molar-refractivity contribution in [1.82, 2.24) is 9.97 Å². The van der Waals surface area contributed by atoms with Gasteiger partial charge in [-0.05, 0) is 41.8 Å². The Bertz CT molecular complexity index is 960. The lowest BCUT2D eigenvalue weighted by molar-refractivity contribution is 0.174. The predicted octanol–water partition coefficient (Wildman–Crippen LogP) is 3.44. The summed E-state index contributed by atoms with van der Waals surface area (Å²) in [7, 11) is 0. The molecule has 23 heavy (non-hydrogen) atoms. The van der Waals surface area contributed by atoms with Crippen molar-refractivity contribution >= 4 is 10.9 Å². The normalized spacial score (nSPS) is 13.0. The van der Waals surface area contributed by atoms with Gasteiger partial charge in [0.05, 0.1) is 10.9 Å². The second kappa shape index (κ2) is 5.12. The van der Waals surface area contributed by atoms with Gasteiger partial charge in [-0.2, -0.15) is 0 Å². The van der Waals surface area contributed by atoms with Gasteiger partial charge in [0.15, 0.2) is 11.5 Å². The van der Waals surface area contributed by atoms with Crippen molar-refractivity contribution in [2.45, 2.75) is 19.8 Å². The first-order valence-electron chi connectivity index (χ1n) is 7.56. The minimum Gasteiger partial charge on any atom is -0.454 e. The van der Waals surface area contributed by atoms with E-state index in [2.05, 4.69) is 23.8 Å². The van der Waals surface area contributed by atoms with Crippen LogP contribution < -0.4 is 15.0 Å². The molecule has 0 fully saturated rings. The summed E-state index contributed by atoms with van der Waals surface area (Å²) in [6.45, 7) is 4.42. The first-order valence-corrected chi connectivity index (χ1v) is 7.56. The highest BCUT2D eigenvalue weighted by Crippen LogP contribution is 2.35. The molecule has 3 aromatic rings. The van der Waals surface area contributed by atoms with Gasteiger partial charge in [0.2, 0.25) is 6.79 Å². The van der Waals surface area contributed by atoms with E-state index in [1.54, 1.807) is 0 Å². The summed E-state index contributed by atoms with van der Waals surface area (Å²) < 4.78 is 10.7. The standard InChI is InChI=1S/C18H16N2O3/c1-10(2)11-3-5-14-13(7-11)18(21)20-17(19-14)12-4-6-15-16(8-12)23-9-22-15/h3-8,10H,9H2,1-2H3,(H,19,20,21). The molecule has 0 saturated carbocycles. The van der Waals surface area contributed by atoms with Gasteiger partial charge in [0.25, 0.3) is 5.56 Å². The zero-order chi connectivity index (χ0) is 16.0. The van der Waals surface area contributed by atoms with Crippen LogP contribution in [0.4, 0.5) is 0 Å². The minimum atomic E-state index is -0.134. The Balaban J connectivity index is 1.85. The average Bonchev–Trinajstić information content (AvgIpc) is 3.01. The lowest BCUT2D eigenvalue weighted by atomic mass is 10.0. The molecular formula is C18H16N2O3. The monoisotopic (exact) mass is 308 g/mol. The summed E-state index contributed by atoms with van der Waals surface area (Å²) in [6.07, 6.45) is 0. The van der Waals surface area contributed by atoms with E-state index >= 15 is 0 Å². The maximum absolute atomic E-state index is 12.4. The van der Waals surface area contributed by atoms with Gasteiger partial charge in [-0.25, -0.2) is 4.98 Å². The van der Waals surface area contributed by atoms with Crippen molar-refractivity contribution in [3.8, 4) is 22.9 Å². The van der Waals surface area contributed by atoms with Crippen LogP contribution in [0.1, 0.15) is 25.3 Å². The summed E-state index contributed by atoms with van der Waals surface area (Å²) >= 11 is 0. The second-order valence-electron chi connectivity index (χ2n) is 5.91. The largest absolute Gasteiger partial charge is 0.454 e. The molecule has 1 aromatic heterocycles. The number of H-pyrrole nitrogens is 1. The van der Waals surface area contributed by atoms with Crippen LogP contribution in [0.15, 0.2) is 41.2 Å². The van der Waals surface area contributed by atoms with Crippen molar-refractivity contribution in [3.05, 3.63) is 52.3 Å². The molecule has 0 bridgehead atoms. The molecule has 0 unspecified atom stereocenters. The molecule has 0 amide bonds. The highest BCUT2D eigenvalue weighted by molar-refractivity contribution is 5.80. The molecule has 5 nitrogen and oxygen atoms in total. The van der Waals surface area contributed by atoms with Crippen LogP contribution >= 0.6 is 0 Å². The number of hydrogen-bond donors (Lipinski definition) is 1. The number of rotatable bonds is 2. The molecule has 1 aliphatic rings. The Hall–Kier alpha value is -2.82. The molecular weight excluding hydrogens is 292 g/mol. The maximum atomic E-state index is 12.4. The number of ether oxygens (including phenoxy) is 2. The summed E-state index contributed by atoms with van der Waals surface area (Å²) in [5.41, 5.74) is 2.47. The van der Waals surface area contributed by atoms with Crippen LogP contribution in [0.2, 0.25) is 0 Å². The molecule has 1 N–H and O–H groups in total. The van der Waals surface area contributed by atoms with Crippen molar-refractivity contribution in [1.29, 1.82) is 0 Å². The quantitative estimate of drug-likeness (QED) is 0.787. The first-order chi connectivity index (χ1) is 11.1. The Labute approximate surface area is 132 Å². The molecule has 2 aromatic carbocycles. The van der Waals surface area contributed by atoms with E-state index in [1.807, 2.05) is 36.4 Å². The SMILES string of the molecule is CC(C)c1ccc2nc(-c3ccc4c(c3)OCO4)[nH]c(=O)c2c1. The fourth-order valence-corrected chi connectivity index (χ4v) is 2.70. The molecule has 0 saturated heterocycles. The summed E-state index contributed by atoms with van der Waals surface area (Å²) in [6, 6.07) is 11.3. The van der Waals surface area contributed by atoms with Crippen molar-refractivity contribution in [2.24, 2.45) is 0 Å². The van der Waals surface area contributed by atoms with Crippen LogP contribution in [0.5, 0.6) is 11.5 Å². The van der Waals surface area contributed by atoms with Gasteiger partial charge in [0.1, 0.15) is 5.82 Å². The van der Waals surface area contributed by atoms with E-state index < -0.39 is 0 Å². The average molecular weight is 308 g/mol. The van der Waals surface area contributed by atoms with Gasteiger partial charge < -0.3 is 14.5 Å². The molecule has 116 valence electrons. The van der Waals surface area contributed by atoms with E-state index in [4.69, 9.17) is 9.47 Å². The van der Waals surface area contributed by atoms with Gasteiger partial charge in [-0.1, -0.05) is 19.9 Å². The Morgan fingerprint density at radius 3 is 2.74 bits per heavy atom. The third-order valence-corrected chi connectivity index (χ3v) is 4.04. The summed E-state index contributed by atoms with van der Waals surface area (Å²) in [4.78, 5) is 19.9. The summed E-state index contributed by atoms with van der Waals surface area (Å²) in [5.74, 6) is 2.27. The van der Waals surface area contributed by atoms with E-state index in [0.717, 1.165) is 11.1 Å². The number of nitrogens with zero attached hydrogens (tertiary/aromatic N) is 1. The molecule has 2 heterocycles. The van der Waals surface area contributed by atoms with Crippen LogP contribution in [0.25, 0.3) is 22.3 Å². The molecule has 0 aliphatic carbocycles. The summed E-state index contributed by atoms with van der Waals surface area (Å²) in [5, 5.41) is 0.612. The molecule has 1 aliphatic heterocycles. The van der Waals surface area contributed by atoms with Crippen molar-refractivity contribution in [3.63, 3.8) is 0 Å². The lowest BCUT2D eigenvalue weighted by Crippen LogP contribution is -2.10. The van der Waals surface area contributed by atoms with Crippen LogP contribution in [0, 0.1) is 0 Å².